The van der Waals surface area contributed by atoms with E-state index in [2.05, 4.69) is 28.0 Å². The molecule has 33 heavy (non-hydrogen) atoms. The molecule has 0 saturated carbocycles. The number of nitrogens with zero attached hydrogens (tertiary/aromatic N) is 2. The molecule has 0 saturated heterocycles. The lowest BCUT2D eigenvalue weighted by Gasteiger charge is -2.08. The molecule has 0 bridgehead atoms. The summed E-state index contributed by atoms with van der Waals surface area (Å²) in [5.74, 6) is 0.108. The zero-order valence-corrected chi connectivity index (χ0v) is 19.2. The Bertz CT molecular complexity index is 1280. The van der Waals surface area contributed by atoms with E-state index in [1.54, 1.807) is 47.4 Å². The quantitative estimate of drug-likeness (QED) is 0.296. The maximum atomic E-state index is 12.3. The maximum absolute atomic E-state index is 12.3. The number of hydrazine groups is 1. The van der Waals surface area contributed by atoms with Crippen LogP contribution in [-0.2, 0) is 17.0 Å². The van der Waals surface area contributed by atoms with E-state index in [1.807, 2.05) is 42.5 Å². The van der Waals surface area contributed by atoms with Crippen LogP contribution < -0.4 is 10.9 Å². The molecule has 6 nitrogen and oxygen atoms in total. The van der Waals surface area contributed by atoms with Gasteiger partial charge in [0.05, 0.1) is 21.8 Å². The second-order valence-electron chi connectivity index (χ2n) is 7.24. The Morgan fingerprint density at radius 1 is 0.939 bits per heavy atom. The fourth-order valence-corrected chi connectivity index (χ4v) is 5.10. The number of thioether (sulfide) groups is 1. The highest BCUT2D eigenvalue weighted by Gasteiger charge is 2.09. The number of carbonyl (C=O) groups excluding carboxylic acids is 2. The van der Waals surface area contributed by atoms with Crippen molar-refractivity contribution in [2.75, 3.05) is 0 Å². The van der Waals surface area contributed by atoms with Gasteiger partial charge in [-0.05, 0) is 53.9 Å². The van der Waals surface area contributed by atoms with Crippen LogP contribution in [-0.4, -0.2) is 16.8 Å². The molecule has 0 aliphatic heterocycles. The Kier molecular flexibility index (Phi) is 7.35. The molecule has 0 spiro atoms. The lowest BCUT2D eigenvalue weighted by molar-refractivity contribution is -0.121. The van der Waals surface area contributed by atoms with Gasteiger partial charge in [-0.2, -0.15) is 5.26 Å². The number of para-hydroxylation sites is 1. The molecule has 1 heterocycles. The molecule has 0 fully saturated rings. The van der Waals surface area contributed by atoms with Crippen LogP contribution in [0.4, 0.5) is 0 Å². The van der Waals surface area contributed by atoms with Gasteiger partial charge in [0, 0.05) is 17.7 Å². The summed E-state index contributed by atoms with van der Waals surface area (Å²) in [7, 11) is 0. The highest BCUT2D eigenvalue weighted by molar-refractivity contribution is 8.00. The molecule has 2 amide bonds. The fraction of sp³-hybridized carbons (Fsp3) is 0.120. The summed E-state index contributed by atoms with van der Waals surface area (Å²) in [6, 6.07) is 24.5. The summed E-state index contributed by atoms with van der Waals surface area (Å²) in [4.78, 5) is 29.0. The number of amides is 2. The summed E-state index contributed by atoms with van der Waals surface area (Å²) < 4.78 is 2.19. The number of fused-ring (bicyclic) bond motifs is 1. The van der Waals surface area contributed by atoms with Crippen molar-refractivity contribution in [3.63, 3.8) is 0 Å². The molecule has 0 aliphatic carbocycles. The van der Waals surface area contributed by atoms with Gasteiger partial charge in [0.1, 0.15) is 0 Å². The number of rotatable bonds is 7. The van der Waals surface area contributed by atoms with Crippen molar-refractivity contribution in [1.29, 1.82) is 5.26 Å². The second-order valence-corrected chi connectivity index (χ2v) is 9.50. The lowest BCUT2D eigenvalue weighted by atomic mass is 10.1. The van der Waals surface area contributed by atoms with E-state index in [4.69, 9.17) is 5.26 Å². The highest BCUT2D eigenvalue weighted by atomic mass is 32.2. The van der Waals surface area contributed by atoms with Gasteiger partial charge in [-0.3, -0.25) is 20.4 Å². The molecular formula is C25H20N4O2S2. The van der Waals surface area contributed by atoms with Gasteiger partial charge in [-0.1, -0.05) is 48.2 Å². The normalized spacial score (nSPS) is 10.5. The number of hydrogen-bond donors (Lipinski definition) is 2. The van der Waals surface area contributed by atoms with E-state index in [-0.39, 0.29) is 18.2 Å². The number of benzene rings is 3. The van der Waals surface area contributed by atoms with Gasteiger partial charge in [0.25, 0.3) is 5.91 Å². The van der Waals surface area contributed by atoms with Crippen molar-refractivity contribution < 1.29 is 9.59 Å². The molecule has 0 unspecified atom stereocenters. The Morgan fingerprint density at radius 3 is 2.39 bits per heavy atom. The monoisotopic (exact) mass is 472 g/mol. The van der Waals surface area contributed by atoms with Crippen LogP contribution in [0.2, 0.25) is 0 Å². The number of thiazole rings is 1. The third-order valence-corrected chi connectivity index (χ3v) is 7.14. The minimum atomic E-state index is -0.368. The Balaban J connectivity index is 1.22. The molecule has 4 aromatic rings. The van der Waals surface area contributed by atoms with Crippen LogP contribution in [0, 0.1) is 11.3 Å². The van der Waals surface area contributed by atoms with Crippen LogP contribution in [0.25, 0.3) is 10.2 Å². The van der Waals surface area contributed by atoms with Crippen molar-refractivity contribution >= 4 is 45.1 Å². The SMILES string of the molecule is N#Cc1ccc(CCC(=O)NNC(=O)c2ccc(CSc3nc4ccccc4s3)cc2)cc1. The van der Waals surface area contributed by atoms with Gasteiger partial charge in [-0.25, -0.2) is 4.98 Å². The van der Waals surface area contributed by atoms with E-state index in [1.165, 1.54) is 4.70 Å². The van der Waals surface area contributed by atoms with Gasteiger partial charge < -0.3 is 0 Å². The topological polar surface area (TPSA) is 94.9 Å². The molecule has 3 aromatic carbocycles. The Morgan fingerprint density at radius 2 is 1.67 bits per heavy atom. The molecule has 2 N–H and O–H groups in total. The van der Waals surface area contributed by atoms with Crippen molar-refractivity contribution in [2.45, 2.75) is 22.9 Å². The average molecular weight is 473 g/mol. The van der Waals surface area contributed by atoms with Crippen LogP contribution in [0.5, 0.6) is 0 Å². The van der Waals surface area contributed by atoms with Crippen molar-refractivity contribution in [3.05, 3.63) is 95.1 Å². The first kappa shape index (κ1) is 22.5. The first-order valence-electron chi connectivity index (χ1n) is 10.3. The molecule has 0 aliphatic rings. The van der Waals surface area contributed by atoms with Crippen molar-refractivity contribution in [2.24, 2.45) is 0 Å². The highest BCUT2D eigenvalue weighted by Crippen LogP contribution is 2.31. The summed E-state index contributed by atoms with van der Waals surface area (Å²) in [6.45, 7) is 0. The first-order chi connectivity index (χ1) is 16.1. The first-order valence-corrected chi connectivity index (χ1v) is 12.1. The van der Waals surface area contributed by atoms with E-state index in [0.29, 0.717) is 17.5 Å². The van der Waals surface area contributed by atoms with E-state index < -0.39 is 0 Å². The van der Waals surface area contributed by atoms with Crippen molar-refractivity contribution in [3.8, 4) is 6.07 Å². The molecular weight excluding hydrogens is 452 g/mol. The van der Waals surface area contributed by atoms with Crippen LogP contribution in [0.1, 0.15) is 33.5 Å². The molecule has 4 rings (SSSR count). The van der Waals surface area contributed by atoms with Crippen LogP contribution >= 0.6 is 23.1 Å². The number of nitrogens with one attached hydrogen (secondary N) is 2. The standard InChI is InChI=1S/C25H20N4O2S2/c26-15-18-7-5-17(6-8-18)11-14-23(30)28-29-24(31)20-12-9-19(10-13-20)16-32-25-27-21-3-1-2-4-22(21)33-25/h1-10,12-13H,11,14,16H2,(H,28,30)(H,29,31). The smallest absolute Gasteiger partial charge is 0.269 e. The molecule has 164 valence electrons. The number of hydrogen-bond acceptors (Lipinski definition) is 6. The number of carbonyl (C=O) groups is 2. The largest absolute Gasteiger partial charge is 0.273 e. The predicted octanol–water partition coefficient (Wildman–Crippen LogP) is 4.85. The molecule has 0 atom stereocenters. The van der Waals surface area contributed by atoms with E-state index in [0.717, 1.165) is 26.7 Å². The van der Waals surface area contributed by atoms with Gasteiger partial charge in [0.15, 0.2) is 4.34 Å². The van der Waals surface area contributed by atoms with Crippen LogP contribution in [0.3, 0.4) is 0 Å². The zero-order valence-electron chi connectivity index (χ0n) is 17.6. The van der Waals surface area contributed by atoms with E-state index >= 15 is 0 Å². The minimum absolute atomic E-state index is 0.230. The van der Waals surface area contributed by atoms with Gasteiger partial charge in [0.2, 0.25) is 5.91 Å². The van der Waals surface area contributed by atoms with Gasteiger partial charge >= 0.3 is 0 Å². The summed E-state index contributed by atoms with van der Waals surface area (Å²) >= 11 is 3.34. The Labute approximate surface area is 199 Å². The predicted molar refractivity (Wildman–Crippen MR) is 131 cm³/mol. The minimum Gasteiger partial charge on any atom is -0.273 e. The average Bonchev–Trinajstić information content (AvgIpc) is 3.28. The third-order valence-electron chi connectivity index (χ3n) is 4.89. The van der Waals surface area contributed by atoms with Crippen LogP contribution in [0.15, 0.2) is 77.1 Å². The third kappa shape index (κ3) is 6.19. The fourth-order valence-electron chi connectivity index (χ4n) is 3.08. The molecule has 8 heteroatoms. The summed E-state index contributed by atoms with van der Waals surface area (Å²) in [5, 5.41) is 8.82. The van der Waals surface area contributed by atoms with E-state index in [9.17, 15) is 9.59 Å². The zero-order chi connectivity index (χ0) is 23.0. The lowest BCUT2D eigenvalue weighted by Crippen LogP contribution is -2.41. The second kappa shape index (κ2) is 10.8. The molecule has 1 aromatic heterocycles. The summed E-state index contributed by atoms with van der Waals surface area (Å²) in [6.07, 6.45) is 0.753. The van der Waals surface area contributed by atoms with Crippen molar-refractivity contribution in [1.82, 2.24) is 15.8 Å². The van der Waals surface area contributed by atoms with Gasteiger partial charge in [-0.15, -0.1) is 11.3 Å². The maximum Gasteiger partial charge on any atom is 0.269 e. The number of aromatic nitrogens is 1. The molecule has 0 radical (unpaired) electrons. The number of nitriles is 1. The Hall–Kier alpha value is -3.67. The summed E-state index contributed by atoms with van der Waals surface area (Å²) in [5.41, 5.74) is 8.99. The number of aryl methyl sites for hydroxylation is 1.